The number of rotatable bonds is 0. The van der Waals surface area contributed by atoms with Crippen LogP contribution in [0.3, 0.4) is 0 Å². The molecule has 0 fully saturated rings. The van der Waals surface area contributed by atoms with Crippen molar-refractivity contribution in [2.24, 2.45) is 0 Å². The molecule has 0 aliphatic heterocycles. The Hall–Kier alpha value is -1.85. The van der Waals surface area contributed by atoms with Crippen molar-refractivity contribution in [3.05, 3.63) is 38.7 Å². The van der Waals surface area contributed by atoms with Gasteiger partial charge in [-0.2, -0.15) is 0 Å². The Morgan fingerprint density at radius 2 is 1.94 bits per heavy atom. The smallest absolute Gasteiger partial charge is 0.408 e. The van der Waals surface area contributed by atoms with E-state index in [1.165, 1.54) is 7.98 Å². The van der Waals surface area contributed by atoms with E-state index < -0.39 is 11.3 Å². The fourth-order valence-electron chi connectivity index (χ4n) is 1.50. The Bertz CT molecular complexity index is 694. The first-order chi connectivity index (χ1) is 7.80. The van der Waals surface area contributed by atoms with Gasteiger partial charge in [-0.25, -0.2) is 9.78 Å². The maximum absolute atomic E-state index is 11.9. The average Bonchev–Trinajstić information content (AvgIpc) is 2.24. The summed E-state index contributed by atoms with van der Waals surface area (Å²) in [7, 11) is 1.37. The first-order valence-corrected chi connectivity index (χ1v) is 5.32. The standard InChI is InChI=1S/C11H13BN2O3/c1-11(2,3)7-5-4-6-8(13-7)9(15)14(12)10(16)17-6/h4-5H,12H2,1-3H3. The molecule has 0 atom stereocenters. The van der Waals surface area contributed by atoms with Gasteiger partial charge in [0.05, 0.1) is 0 Å². The summed E-state index contributed by atoms with van der Waals surface area (Å²) >= 11 is 0. The normalized spacial score (nSPS) is 11.9. The van der Waals surface area contributed by atoms with E-state index in [1.807, 2.05) is 20.8 Å². The van der Waals surface area contributed by atoms with Crippen molar-refractivity contribution in [1.82, 2.24) is 9.46 Å². The summed E-state index contributed by atoms with van der Waals surface area (Å²) in [5, 5.41) is 0. The zero-order valence-corrected chi connectivity index (χ0v) is 10.3. The van der Waals surface area contributed by atoms with Gasteiger partial charge in [-0.05, 0) is 12.1 Å². The fraction of sp³-hybridized carbons (Fsp3) is 0.364. The summed E-state index contributed by atoms with van der Waals surface area (Å²) in [5.41, 5.74) is 0.624. The molecule has 0 radical (unpaired) electrons. The third-order valence-electron chi connectivity index (χ3n) is 2.60. The SMILES string of the molecule is Bn1c(=O)oc2ccc(C(C)(C)C)nc2c1=O. The zero-order chi connectivity index (χ0) is 12.8. The molecular weight excluding hydrogens is 219 g/mol. The number of fused-ring (bicyclic) bond motifs is 1. The minimum absolute atomic E-state index is 0.157. The molecule has 2 aromatic rings. The van der Waals surface area contributed by atoms with E-state index in [2.05, 4.69) is 4.98 Å². The highest BCUT2D eigenvalue weighted by molar-refractivity contribution is 6.06. The molecule has 88 valence electrons. The van der Waals surface area contributed by atoms with Crippen LogP contribution in [-0.4, -0.2) is 17.4 Å². The molecule has 0 unspecified atom stereocenters. The van der Waals surface area contributed by atoms with Gasteiger partial charge in [0, 0.05) is 11.1 Å². The first-order valence-electron chi connectivity index (χ1n) is 5.32. The van der Waals surface area contributed by atoms with Crippen LogP contribution in [0.5, 0.6) is 0 Å². The Morgan fingerprint density at radius 3 is 2.53 bits per heavy atom. The van der Waals surface area contributed by atoms with Gasteiger partial charge in [-0.15, -0.1) is 0 Å². The van der Waals surface area contributed by atoms with E-state index in [4.69, 9.17) is 4.42 Å². The topological polar surface area (TPSA) is 65.1 Å². The highest BCUT2D eigenvalue weighted by Crippen LogP contribution is 2.21. The molecule has 2 heterocycles. The number of nitrogens with zero attached hydrogens (tertiary/aromatic N) is 2. The Kier molecular flexibility index (Phi) is 2.45. The predicted octanol–water partition coefficient (Wildman–Crippen LogP) is 0.0434. The van der Waals surface area contributed by atoms with E-state index in [0.29, 0.717) is 0 Å². The second kappa shape index (κ2) is 3.58. The third kappa shape index (κ3) is 1.90. The van der Waals surface area contributed by atoms with Crippen molar-refractivity contribution in [3.63, 3.8) is 0 Å². The number of hydrogen-bond donors (Lipinski definition) is 0. The van der Waals surface area contributed by atoms with E-state index in [9.17, 15) is 9.59 Å². The lowest BCUT2D eigenvalue weighted by Gasteiger charge is -2.17. The molecule has 6 heteroatoms. The third-order valence-corrected chi connectivity index (χ3v) is 2.60. The van der Waals surface area contributed by atoms with Gasteiger partial charge in [0.15, 0.2) is 11.1 Å². The molecule has 0 N–H and O–H groups in total. The predicted molar refractivity (Wildman–Crippen MR) is 67.2 cm³/mol. The van der Waals surface area contributed by atoms with E-state index >= 15 is 0 Å². The molecule has 0 spiro atoms. The fourth-order valence-corrected chi connectivity index (χ4v) is 1.50. The van der Waals surface area contributed by atoms with E-state index in [0.717, 1.165) is 10.2 Å². The highest BCUT2D eigenvalue weighted by Gasteiger charge is 2.17. The number of pyridine rings is 1. The molecule has 0 aliphatic rings. The molecule has 2 rings (SSSR count). The quantitative estimate of drug-likeness (QED) is 0.601. The molecular formula is C11H13BN2O3. The van der Waals surface area contributed by atoms with Gasteiger partial charge < -0.3 is 4.42 Å². The van der Waals surface area contributed by atoms with Crippen molar-refractivity contribution < 1.29 is 4.42 Å². The number of aromatic nitrogens is 2. The van der Waals surface area contributed by atoms with Gasteiger partial charge in [0.2, 0.25) is 7.98 Å². The summed E-state index contributed by atoms with van der Waals surface area (Å²) in [6.07, 6.45) is 0. The van der Waals surface area contributed by atoms with Crippen molar-refractivity contribution in [3.8, 4) is 0 Å². The van der Waals surface area contributed by atoms with Crippen molar-refractivity contribution in [2.75, 3.05) is 0 Å². The molecule has 0 saturated heterocycles. The van der Waals surface area contributed by atoms with Crippen LogP contribution in [0.1, 0.15) is 26.5 Å². The second-order valence-corrected chi connectivity index (χ2v) is 5.03. The van der Waals surface area contributed by atoms with E-state index in [1.54, 1.807) is 12.1 Å². The maximum Gasteiger partial charge on any atom is 0.409 e. The van der Waals surface area contributed by atoms with Gasteiger partial charge in [0.1, 0.15) is 0 Å². The lowest BCUT2D eigenvalue weighted by molar-refractivity contribution is 0.512. The highest BCUT2D eigenvalue weighted by atomic mass is 16.4. The molecule has 0 bridgehead atoms. The van der Waals surface area contributed by atoms with Gasteiger partial charge in [-0.1, -0.05) is 20.8 Å². The minimum Gasteiger partial charge on any atom is -0.408 e. The van der Waals surface area contributed by atoms with Gasteiger partial charge in [-0.3, -0.25) is 9.27 Å². The van der Waals surface area contributed by atoms with Crippen LogP contribution in [-0.2, 0) is 5.41 Å². The van der Waals surface area contributed by atoms with Crippen LogP contribution < -0.4 is 11.3 Å². The lowest BCUT2D eigenvalue weighted by Crippen LogP contribution is -2.32. The van der Waals surface area contributed by atoms with Crippen LogP contribution in [0.15, 0.2) is 26.1 Å². The van der Waals surface area contributed by atoms with Gasteiger partial charge in [0.25, 0.3) is 5.56 Å². The summed E-state index contributed by atoms with van der Waals surface area (Å²) in [6, 6.07) is 3.39. The Balaban J connectivity index is 2.88. The van der Waals surface area contributed by atoms with Crippen molar-refractivity contribution in [2.45, 2.75) is 26.2 Å². The molecule has 0 saturated carbocycles. The van der Waals surface area contributed by atoms with Crippen LogP contribution in [0.2, 0.25) is 0 Å². The summed E-state index contributed by atoms with van der Waals surface area (Å²) in [4.78, 5) is 27.5. The van der Waals surface area contributed by atoms with Crippen LogP contribution in [0, 0.1) is 0 Å². The summed E-state index contributed by atoms with van der Waals surface area (Å²) < 4.78 is 5.90. The van der Waals surface area contributed by atoms with Crippen LogP contribution >= 0.6 is 0 Å². The molecule has 5 nitrogen and oxygen atoms in total. The largest absolute Gasteiger partial charge is 0.409 e. The number of hydrogen-bond acceptors (Lipinski definition) is 4. The first kappa shape index (κ1) is 11.6. The molecule has 0 aliphatic carbocycles. The Labute approximate surface area is 98.5 Å². The Morgan fingerprint density at radius 1 is 1.29 bits per heavy atom. The van der Waals surface area contributed by atoms with Crippen LogP contribution in [0.25, 0.3) is 11.1 Å². The average molecular weight is 232 g/mol. The summed E-state index contributed by atoms with van der Waals surface area (Å²) in [6.45, 7) is 6.01. The van der Waals surface area contributed by atoms with Crippen LogP contribution in [0.4, 0.5) is 0 Å². The lowest BCUT2D eigenvalue weighted by atomic mass is 9.91. The summed E-state index contributed by atoms with van der Waals surface area (Å²) in [5.74, 6) is -0.673. The van der Waals surface area contributed by atoms with Gasteiger partial charge >= 0.3 is 5.76 Å². The molecule has 17 heavy (non-hydrogen) atoms. The van der Waals surface area contributed by atoms with E-state index in [-0.39, 0.29) is 16.5 Å². The second-order valence-electron chi connectivity index (χ2n) is 5.03. The molecule has 0 amide bonds. The van der Waals surface area contributed by atoms with Crippen molar-refractivity contribution >= 4 is 19.1 Å². The van der Waals surface area contributed by atoms with Crippen molar-refractivity contribution in [1.29, 1.82) is 0 Å². The minimum atomic E-state index is -0.673. The molecule has 0 aromatic carbocycles. The monoisotopic (exact) mass is 232 g/mol. The maximum atomic E-state index is 11.9. The molecule has 2 aromatic heterocycles. The zero-order valence-electron chi connectivity index (χ0n) is 10.3.